The molecule has 5 rings (SSSR count). The van der Waals surface area contributed by atoms with Gasteiger partial charge in [-0.2, -0.15) is 0 Å². The molecule has 1 aromatic heterocycles. The van der Waals surface area contributed by atoms with E-state index in [1.807, 2.05) is 36.4 Å². The van der Waals surface area contributed by atoms with Crippen LogP contribution in [0.4, 0.5) is 27.9 Å². The Hall–Kier alpha value is -3.14. The van der Waals surface area contributed by atoms with Gasteiger partial charge in [0.1, 0.15) is 4.88 Å². The van der Waals surface area contributed by atoms with Gasteiger partial charge in [0.25, 0.3) is 5.91 Å². The van der Waals surface area contributed by atoms with Crippen LogP contribution < -0.4 is 20.4 Å². The molecule has 172 valence electrons. The fourth-order valence-corrected chi connectivity index (χ4v) is 4.64. The SMILES string of the molecule is O=C(Nc1ccc(N2CCOCC2)cc1)c1cnc(Nc2ccc(N3CCOCC3)cc2)s1. The van der Waals surface area contributed by atoms with Crippen LogP contribution in [0.2, 0.25) is 0 Å². The van der Waals surface area contributed by atoms with Gasteiger partial charge in [0.2, 0.25) is 0 Å². The zero-order valence-corrected chi connectivity index (χ0v) is 19.1. The summed E-state index contributed by atoms with van der Waals surface area (Å²) in [5, 5.41) is 6.92. The molecule has 2 aromatic carbocycles. The third-order valence-electron chi connectivity index (χ3n) is 5.73. The van der Waals surface area contributed by atoms with Gasteiger partial charge in [0.05, 0.1) is 32.6 Å². The molecule has 0 saturated carbocycles. The summed E-state index contributed by atoms with van der Waals surface area (Å²) in [6.07, 6.45) is 1.60. The zero-order chi connectivity index (χ0) is 22.5. The number of thiazole rings is 1. The van der Waals surface area contributed by atoms with E-state index in [4.69, 9.17) is 9.47 Å². The average molecular weight is 466 g/mol. The number of carbonyl (C=O) groups is 1. The molecule has 3 heterocycles. The minimum Gasteiger partial charge on any atom is -0.378 e. The molecule has 2 N–H and O–H groups in total. The topological polar surface area (TPSA) is 79.0 Å². The summed E-state index contributed by atoms with van der Waals surface area (Å²) < 4.78 is 10.8. The Kier molecular flexibility index (Phi) is 6.71. The summed E-state index contributed by atoms with van der Waals surface area (Å²) in [5.74, 6) is -0.165. The summed E-state index contributed by atoms with van der Waals surface area (Å²) in [7, 11) is 0. The number of hydrogen-bond donors (Lipinski definition) is 2. The number of nitrogens with zero attached hydrogens (tertiary/aromatic N) is 3. The van der Waals surface area contributed by atoms with E-state index in [0.29, 0.717) is 10.0 Å². The predicted molar refractivity (Wildman–Crippen MR) is 132 cm³/mol. The number of aromatic nitrogens is 1. The van der Waals surface area contributed by atoms with E-state index in [2.05, 4.69) is 37.6 Å². The van der Waals surface area contributed by atoms with Crippen LogP contribution in [-0.2, 0) is 9.47 Å². The maximum atomic E-state index is 12.7. The fourth-order valence-electron chi connectivity index (χ4n) is 3.91. The third kappa shape index (κ3) is 5.44. The molecular formula is C24H27N5O3S. The smallest absolute Gasteiger partial charge is 0.267 e. The molecular weight excluding hydrogens is 438 g/mol. The average Bonchev–Trinajstić information content (AvgIpc) is 3.35. The first-order chi connectivity index (χ1) is 16.2. The lowest BCUT2D eigenvalue weighted by Gasteiger charge is -2.28. The molecule has 0 atom stereocenters. The number of anilines is 5. The largest absolute Gasteiger partial charge is 0.378 e. The number of morpholine rings is 2. The predicted octanol–water partition coefficient (Wildman–Crippen LogP) is 3.81. The van der Waals surface area contributed by atoms with Crippen molar-refractivity contribution in [3.8, 4) is 0 Å². The van der Waals surface area contributed by atoms with Crippen LogP contribution >= 0.6 is 11.3 Å². The van der Waals surface area contributed by atoms with Crippen molar-refractivity contribution in [2.24, 2.45) is 0 Å². The third-order valence-corrected chi connectivity index (χ3v) is 6.64. The highest BCUT2D eigenvalue weighted by atomic mass is 32.1. The van der Waals surface area contributed by atoms with E-state index >= 15 is 0 Å². The molecule has 2 aliphatic rings. The minimum absolute atomic E-state index is 0.165. The zero-order valence-electron chi connectivity index (χ0n) is 18.3. The summed E-state index contributed by atoms with van der Waals surface area (Å²) >= 11 is 1.33. The van der Waals surface area contributed by atoms with Crippen molar-refractivity contribution < 1.29 is 14.3 Å². The molecule has 8 nitrogen and oxygen atoms in total. The summed E-state index contributed by atoms with van der Waals surface area (Å²) in [5.41, 5.74) is 4.02. The van der Waals surface area contributed by atoms with Gasteiger partial charge in [0, 0.05) is 48.9 Å². The van der Waals surface area contributed by atoms with E-state index in [1.165, 1.54) is 17.0 Å². The monoisotopic (exact) mass is 465 g/mol. The van der Waals surface area contributed by atoms with Gasteiger partial charge in [0.15, 0.2) is 5.13 Å². The molecule has 0 radical (unpaired) electrons. The number of amides is 1. The number of benzene rings is 2. The maximum Gasteiger partial charge on any atom is 0.267 e. The lowest BCUT2D eigenvalue weighted by atomic mass is 10.2. The van der Waals surface area contributed by atoms with Gasteiger partial charge in [-0.25, -0.2) is 4.98 Å². The van der Waals surface area contributed by atoms with Crippen LogP contribution in [0.3, 0.4) is 0 Å². The van der Waals surface area contributed by atoms with E-state index in [0.717, 1.165) is 69.7 Å². The van der Waals surface area contributed by atoms with E-state index < -0.39 is 0 Å². The van der Waals surface area contributed by atoms with Crippen LogP contribution in [-0.4, -0.2) is 63.5 Å². The Balaban J connectivity index is 1.16. The molecule has 3 aromatic rings. The highest BCUT2D eigenvalue weighted by Crippen LogP contribution is 2.26. The van der Waals surface area contributed by atoms with E-state index in [-0.39, 0.29) is 5.91 Å². The van der Waals surface area contributed by atoms with Crippen LogP contribution in [0.1, 0.15) is 9.67 Å². The first-order valence-corrected chi connectivity index (χ1v) is 12.0. The lowest BCUT2D eigenvalue weighted by Crippen LogP contribution is -2.36. The number of carbonyl (C=O) groups excluding carboxylic acids is 1. The number of rotatable bonds is 6. The second kappa shape index (κ2) is 10.2. The second-order valence-electron chi connectivity index (χ2n) is 7.90. The van der Waals surface area contributed by atoms with Crippen molar-refractivity contribution in [1.82, 2.24) is 4.98 Å². The van der Waals surface area contributed by atoms with Crippen molar-refractivity contribution in [3.05, 3.63) is 59.6 Å². The Morgan fingerprint density at radius 3 is 1.85 bits per heavy atom. The number of hydrogen-bond acceptors (Lipinski definition) is 8. The van der Waals surface area contributed by atoms with Crippen LogP contribution in [0, 0.1) is 0 Å². The van der Waals surface area contributed by atoms with E-state index in [1.54, 1.807) is 6.20 Å². The lowest BCUT2D eigenvalue weighted by molar-refractivity contribution is 0.103. The van der Waals surface area contributed by atoms with Gasteiger partial charge < -0.3 is 29.9 Å². The fraction of sp³-hybridized carbons (Fsp3) is 0.333. The Bertz CT molecular complexity index is 1060. The summed E-state index contributed by atoms with van der Waals surface area (Å²) in [4.78, 5) is 22.2. The Labute approximate surface area is 197 Å². The summed E-state index contributed by atoms with van der Waals surface area (Å²) in [6, 6.07) is 16.2. The highest BCUT2D eigenvalue weighted by Gasteiger charge is 2.14. The molecule has 9 heteroatoms. The van der Waals surface area contributed by atoms with Crippen LogP contribution in [0.25, 0.3) is 0 Å². The molecule has 0 bridgehead atoms. The second-order valence-corrected chi connectivity index (χ2v) is 8.93. The van der Waals surface area contributed by atoms with Crippen molar-refractivity contribution in [3.63, 3.8) is 0 Å². The minimum atomic E-state index is -0.165. The summed E-state index contributed by atoms with van der Waals surface area (Å²) in [6.45, 7) is 6.62. The first-order valence-electron chi connectivity index (χ1n) is 11.1. The molecule has 2 aliphatic heterocycles. The number of ether oxygens (including phenoxy) is 2. The number of nitrogens with one attached hydrogen (secondary N) is 2. The quantitative estimate of drug-likeness (QED) is 0.573. The molecule has 0 aliphatic carbocycles. The Morgan fingerprint density at radius 1 is 0.788 bits per heavy atom. The van der Waals surface area contributed by atoms with Crippen molar-refractivity contribution in [1.29, 1.82) is 0 Å². The molecule has 1 amide bonds. The molecule has 33 heavy (non-hydrogen) atoms. The molecule has 2 saturated heterocycles. The Morgan fingerprint density at radius 2 is 1.30 bits per heavy atom. The van der Waals surface area contributed by atoms with Gasteiger partial charge in [-0.15, -0.1) is 0 Å². The molecule has 0 spiro atoms. The van der Waals surface area contributed by atoms with E-state index in [9.17, 15) is 4.79 Å². The highest BCUT2D eigenvalue weighted by molar-refractivity contribution is 7.17. The van der Waals surface area contributed by atoms with Gasteiger partial charge in [-0.05, 0) is 48.5 Å². The van der Waals surface area contributed by atoms with Crippen molar-refractivity contribution >= 4 is 45.1 Å². The van der Waals surface area contributed by atoms with Gasteiger partial charge in [-0.3, -0.25) is 4.79 Å². The maximum absolute atomic E-state index is 12.7. The molecule has 2 fully saturated rings. The van der Waals surface area contributed by atoms with Gasteiger partial charge in [-0.1, -0.05) is 11.3 Å². The first kappa shape index (κ1) is 21.7. The standard InChI is InChI=1S/C24H27N5O3S/c30-23(26-18-1-5-20(6-2-18)28-9-13-31-14-10-28)22-17-25-24(33-22)27-19-3-7-21(8-4-19)29-11-15-32-16-12-29/h1-8,17H,9-16H2,(H,25,27)(H,26,30). The van der Waals surface area contributed by atoms with Crippen molar-refractivity contribution in [2.45, 2.75) is 0 Å². The molecule has 0 unspecified atom stereocenters. The van der Waals surface area contributed by atoms with Crippen LogP contribution in [0.5, 0.6) is 0 Å². The van der Waals surface area contributed by atoms with Crippen molar-refractivity contribution in [2.75, 3.05) is 73.0 Å². The normalized spacial score (nSPS) is 16.5. The van der Waals surface area contributed by atoms with Crippen LogP contribution in [0.15, 0.2) is 54.7 Å². The van der Waals surface area contributed by atoms with Gasteiger partial charge >= 0.3 is 0 Å².